The molecule has 0 saturated heterocycles. The van der Waals surface area contributed by atoms with Crippen molar-refractivity contribution >= 4 is 17.2 Å². The van der Waals surface area contributed by atoms with Gasteiger partial charge in [0.25, 0.3) is 0 Å². The number of fused-ring (bicyclic) bond motifs is 1. The van der Waals surface area contributed by atoms with Crippen LogP contribution < -0.4 is 0 Å². The molecule has 3 heterocycles. The Hall–Kier alpha value is -1.88. The van der Waals surface area contributed by atoms with Crippen LogP contribution in [0.15, 0.2) is 30.9 Å². The largest absolute Gasteiger partial charge is 0.274 e. The molecular weight excluding hydrogens is 250 g/mol. The average molecular weight is 262 g/mol. The molecule has 5 nitrogen and oxygen atoms in total. The van der Waals surface area contributed by atoms with Crippen LogP contribution in [0.4, 0.5) is 0 Å². The van der Waals surface area contributed by atoms with Gasteiger partial charge in [-0.25, -0.2) is 9.97 Å². The molecule has 0 fully saturated rings. The lowest BCUT2D eigenvalue weighted by molar-refractivity contribution is 0.532. The highest BCUT2D eigenvalue weighted by Crippen LogP contribution is 2.21. The maximum absolute atomic E-state index is 6.11. The van der Waals surface area contributed by atoms with Crippen molar-refractivity contribution in [3.05, 3.63) is 36.1 Å². The van der Waals surface area contributed by atoms with Gasteiger partial charge >= 0.3 is 0 Å². The SMILES string of the molecule is CC(C)n1cc(-c2cc3nccn3c(Cl)n2)cn1. The number of nitrogens with zero attached hydrogens (tertiary/aromatic N) is 5. The van der Waals surface area contributed by atoms with Crippen molar-refractivity contribution in [2.24, 2.45) is 0 Å². The quantitative estimate of drug-likeness (QED) is 0.667. The lowest BCUT2D eigenvalue weighted by atomic mass is 10.2. The van der Waals surface area contributed by atoms with E-state index in [9.17, 15) is 0 Å². The third kappa shape index (κ3) is 1.76. The first-order chi connectivity index (χ1) is 8.65. The van der Waals surface area contributed by atoms with Gasteiger partial charge in [-0.1, -0.05) is 0 Å². The average Bonchev–Trinajstić information content (AvgIpc) is 2.97. The molecule has 0 radical (unpaired) electrons. The Morgan fingerprint density at radius 3 is 2.89 bits per heavy atom. The van der Waals surface area contributed by atoms with Crippen LogP contribution in [0, 0.1) is 0 Å². The Balaban J connectivity index is 2.12. The Bertz CT molecular complexity index is 697. The first kappa shape index (κ1) is 11.2. The topological polar surface area (TPSA) is 48.0 Å². The zero-order chi connectivity index (χ0) is 12.7. The Kier molecular flexibility index (Phi) is 2.56. The molecule has 92 valence electrons. The van der Waals surface area contributed by atoms with Gasteiger partial charge in [0.2, 0.25) is 5.28 Å². The van der Waals surface area contributed by atoms with Gasteiger partial charge in [0, 0.05) is 36.3 Å². The molecule has 3 aromatic rings. The number of halogens is 1. The highest BCUT2D eigenvalue weighted by molar-refractivity contribution is 6.28. The Labute approximate surface area is 109 Å². The molecule has 0 aliphatic rings. The van der Waals surface area contributed by atoms with Crippen LogP contribution >= 0.6 is 11.6 Å². The second kappa shape index (κ2) is 4.10. The standard InChI is InChI=1S/C12H12ClN5/c1-8(2)18-7-9(6-15-18)10-5-11-14-3-4-17(11)12(13)16-10/h3-8H,1-2H3. The predicted octanol–water partition coefficient (Wildman–Crippen LogP) is 2.83. The minimum atomic E-state index is 0.323. The summed E-state index contributed by atoms with van der Waals surface area (Å²) in [6.07, 6.45) is 7.23. The van der Waals surface area contributed by atoms with Gasteiger partial charge in [0.15, 0.2) is 0 Å². The number of hydrogen-bond donors (Lipinski definition) is 0. The minimum absolute atomic E-state index is 0.323. The van der Waals surface area contributed by atoms with Crippen LogP contribution in [0.5, 0.6) is 0 Å². The summed E-state index contributed by atoms with van der Waals surface area (Å²) in [5, 5.41) is 4.70. The lowest BCUT2D eigenvalue weighted by Crippen LogP contribution is -1.99. The molecule has 0 saturated carbocycles. The summed E-state index contributed by atoms with van der Waals surface area (Å²) in [6, 6.07) is 2.22. The molecule has 0 N–H and O–H groups in total. The van der Waals surface area contributed by atoms with Gasteiger partial charge in [-0.2, -0.15) is 5.10 Å². The van der Waals surface area contributed by atoms with Crippen LogP contribution in [0.25, 0.3) is 16.9 Å². The minimum Gasteiger partial charge on any atom is -0.274 e. The van der Waals surface area contributed by atoms with Crippen LogP contribution in [-0.2, 0) is 0 Å². The molecule has 0 unspecified atom stereocenters. The second-order valence-corrected chi connectivity index (χ2v) is 4.71. The first-order valence-electron chi connectivity index (χ1n) is 5.69. The maximum Gasteiger partial charge on any atom is 0.209 e. The molecular formula is C12H12ClN5. The van der Waals surface area contributed by atoms with E-state index in [2.05, 4.69) is 28.9 Å². The highest BCUT2D eigenvalue weighted by Gasteiger charge is 2.09. The Morgan fingerprint density at radius 2 is 2.17 bits per heavy atom. The fraction of sp³-hybridized carbons (Fsp3) is 0.250. The van der Waals surface area contributed by atoms with E-state index in [1.807, 2.05) is 16.9 Å². The zero-order valence-corrected chi connectivity index (χ0v) is 10.8. The van der Waals surface area contributed by atoms with Crippen molar-refractivity contribution in [2.75, 3.05) is 0 Å². The highest BCUT2D eigenvalue weighted by atomic mass is 35.5. The van der Waals surface area contributed by atoms with Crippen molar-refractivity contribution in [3.63, 3.8) is 0 Å². The predicted molar refractivity (Wildman–Crippen MR) is 69.6 cm³/mol. The number of aromatic nitrogens is 5. The molecule has 18 heavy (non-hydrogen) atoms. The van der Waals surface area contributed by atoms with E-state index in [0.717, 1.165) is 16.9 Å². The van der Waals surface area contributed by atoms with E-state index in [0.29, 0.717) is 11.3 Å². The zero-order valence-electron chi connectivity index (χ0n) is 10.1. The molecule has 0 aromatic carbocycles. The smallest absolute Gasteiger partial charge is 0.209 e. The van der Waals surface area contributed by atoms with Crippen molar-refractivity contribution in [2.45, 2.75) is 19.9 Å². The molecule has 0 aliphatic heterocycles. The van der Waals surface area contributed by atoms with Gasteiger partial charge in [0.05, 0.1) is 11.9 Å². The summed E-state index contributed by atoms with van der Waals surface area (Å²) >= 11 is 6.11. The third-order valence-corrected chi connectivity index (χ3v) is 3.04. The fourth-order valence-corrected chi connectivity index (χ4v) is 2.02. The maximum atomic E-state index is 6.11. The van der Waals surface area contributed by atoms with Gasteiger partial charge in [-0.3, -0.25) is 9.08 Å². The van der Waals surface area contributed by atoms with Crippen LogP contribution in [0.2, 0.25) is 5.28 Å². The van der Waals surface area contributed by atoms with Crippen LogP contribution in [0.1, 0.15) is 19.9 Å². The summed E-state index contributed by atoms with van der Waals surface area (Å²) in [7, 11) is 0. The van der Waals surface area contributed by atoms with Crippen molar-refractivity contribution in [3.8, 4) is 11.3 Å². The summed E-state index contributed by atoms with van der Waals surface area (Å²) < 4.78 is 3.62. The van der Waals surface area contributed by atoms with Crippen molar-refractivity contribution in [1.82, 2.24) is 24.1 Å². The van der Waals surface area contributed by atoms with E-state index in [-0.39, 0.29) is 0 Å². The number of rotatable bonds is 2. The second-order valence-electron chi connectivity index (χ2n) is 4.37. The van der Waals surface area contributed by atoms with E-state index in [1.165, 1.54) is 0 Å². The number of imidazole rings is 1. The number of hydrogen-bond acceptors (Lipinski definition) is 3. The van der Waals surface area contributed by atoms with Gasteiger partial charge in [-0.05, 0) is 25.4 Å². The third-order valence-electron chi connectivity index (χ3n) is 2.77. The molecule has 6 heteroatoms. The van der Waals surface area contributed by atoms with Gasteiger partial charge < -0.3 is 0 Å². The van der Waals surface area contributed by atoms with Gasteiger partial charge in [-0.15, -0.1) is 0 Å². The molecule has 0 spiro atoms. The molecule has 0 bridgehead atoms. The molecule has 0 aliphatic carbocycles. The normalized spacial score (nSPS) is 11.6. The van der Waals surface area contributed by atoms with Gasteiger partial charge in [0.1, 0.15) is 5.65 Å². The van der Waals surface area contributed by atoms with Crippen molar-refractivity contribution in [1.29, 1.82) is 0 Å². The van der Waals surface area contributed by atoms with E-state index >= 15 is 0 Å². The van der Waals surface area contributed by atoms with Crippen molar-refractivity contribution < 1.29 is 0 Å². The first-order valence-corrected chi connectivity index (χ1v) is 6.07. The Morgan fingerprint density at radius 1 is 1.33 bits per heavy atom. The molecule has 0 atom stereocenters. The molecule has 0 amide bonds. The summed E-state index contributed by atoms with van der Waals surface area (Å²) in [5.74, 6) is 0. The van der Waals surface area contributed by atoms with Crippen LogP contribution in [0.3, 0.4) is 0 Å². The van der Waals surface area contributed by atoms with E-state index < -0.39 is 0 Å². The summed E-state index contributed by atoms with van der Waals surface area (Å²) in [6.45, 7) is 4.16. The van der Waals surface area contributed by atoms with Crippen LogP contribution in [-0.4, -0.2) is 24.1 Å². The monoisotopic (exact) mass is 261 g/mol. The lowest BCUT2D eigenvalue weighted by Gasteiger charge is -2.03. The fourth-order valence-electron chi connectivity index (χ4n) is 1.79. The van der Waals surface area contributed by atoms with E-state index in [1.54, 1.807) is 23.0 Å². The molecule has 3 rings (SSSR count). The summed E-state index contributed by atoms with van der Waals surface area (Å²) in [4.78, 5) is 8.57. The summed E-state index contributed by atoms with van der Waals surface area (Å²) in [5.41, 5.74) is 2.50. The van der Waals surface area contributed by atoms with E-state index in [4.69, 9.17) is 11.6 Å². The molecule has 3 aromatic heterocycles.